The van der Waals surface area contributed by atoms with E-state index in [0.29, 0.717) is 15.6 Å². The van der Waals surface area contributed by atoms with Crippen LogP contribution in [0.15, 0.2) is 47.6 Å². The Bertz CT molecular complexity index is 798. The first-order valence-corrected chi connectivity index (χ1v) is 8.94. The van der Waals surface area contributed by atoms with Crippen molar-refractivity contribution in [3.63, 3.8) is 0 Å². The molecule has 0 bridgehead atoms. The number of ketones is 1. The lowest BCUT2D eigenvalue weighted by atomic mass is 10.2. The fourth-order valence-corrected chi connectivity index (χ4v) is 3.10. The highest BCUT2D eigenvalue weighted by molar-refractivity contribution is 7.12. The first-order chi connectivity index (χ1) is 11.8. The van der Waals surface area contributed by atoms with Crippen molar-refractivity contribution in [2.75, 3.05) is 10.6 Å². The third kappa shape index (κ3) is 5.62. The number of carbonyl (C=O) groups is 1. The van der Waals surface area contributed by atoms with Gasteiger partial charge in [-0.15, -0.1) is 11.3 Å². The molecule has 0 atom stereocenters. The smallest absolute Gasteiger partial charge is 0.169 e. The van der Waals surface area contributed by atoms with E-state index in [2.05, 4.69) is 16.0 Å². The topological polar surface area (TPSA) is 77.0 Å². The van der Waals surface area contributed by atoms with Gasteiger partial charge >= 0.3 is 0 Å². The molecule has 0 amide bonds. The molecule has 0 aliphatic rings. The Kier molecular flexibility index (Phi) is 6.22. The molecule has 1 aromatic heterocycles. The second kappa shape index (κ2) is 8.18. The van der Waals surface area contributed by atoms with E-state index in [1.165, 1.54) is 17.6 Å². The van der Waals surface area contributed by atoms with Crippen molar-refractivity contribution in [3.05, 3.63) is 57.5 Å². The molecule has 0 aliphatic heterocycles. The van der Waals surface area contributed by atoms with Gasteiger partial charge in [-0.25, -0.2) is 0 Å². The molecule has 1 heterocycles. The lowest BCUT2D eigenvalue weighted by Gasteiger charge is -2.30. The van der Waals surface area contributed by atoms with E-state index < -0.39 is 5.66 Å². The molecule has 25 heavy (non-hydrogen) atoms. The summed E-state index contributed by atoms with van der Waals surface area (Å²) >= 11 is 7.57. The number of carbonyl (C=O) groups excluding carboxylic acids is 1. The van der Waals surface area contributed by atoms with Crippen molar-refractivity contribution in [1.29, 1.82) is 5.41 Å². The summed E-state index contributed by atoms with van der Waals surface area (Å²) in [5, 5.41) is 19.7. The van der Waals surface area contributed by atoms with Crippen LogP contribution in [-0.2, 0) is 0 Å². The van der Waals surface area contributed by atoms with Crippen molar-refractivity contribution < 1.29 is 4.79 Å². The minimum absolute atomic E-state index is 0.0394. The zero-order chi connectivity index (χ0) is 18.4. The lowest BCUT2D eigenvalue weighted by Crippen LogP contribution is -2.46. The molecule has 0 saturated heterocycles. The van der Waals surface area contributed by atoms with Crippen molar-refractivity contribution in [2.45, 2.75) is 26.4 Å². The van der Waals surface area contributed by atoms with Crippen molar-refractivity contribution in [1.82, 2.24) is 5.32 Å². The van der Waals surface area contributed by atoms with Crippen LogP contribution in [0.1, 0.15) is 30.4 Å². The largest absolute Gasteiger partial charge is 0.362 e. The maximum absolute atomic E-state index is 11.3. The molecule has 0 unspecified atom stereocenters. The predicted octanol–water partition coefficient (Wildman–Crippen LogP) is 4.94. The monoisotopic (exact) mass is 376 g/mol. The highest BCUT2D eigenvalue weighted by atomic mass is 35.5. The van der Waals surface area contributed by atoms with Gasteiger partial charge in [0.2, 0.25) is 0 Å². The van der Waals surface area contributed by atoms with Gasteiger partial charge in [-0.1, -0.05) is 23.7 Å². The van der Waals surface area contributed by atoms with E-state index in [9.17, 15) is 4.79 Å². The predicted molar refractivity (Wildman–Crippen MR) is 107 cm³/mol. The van der Waals surface area contributed by atoms with E-state index >= 15 is 0 Å². The Morgan fingerprint density at radius 1 is 1.32 bits per heavy atom. The van der Waals surface area contributed by atoms with Gasteiger partial charge in [-0.3, -0.25) is 4.79 Å². The number of hydrogen-bond acceptors (Lipinski definition) is 6. The van der Waals surface area contributed by atoms with Crippen LogP contribution in [0.4, 0.5) is 11.4 Å². The summed E-state index contributed by atoms with van der Waals surface area (Å²) in [6.45, 7) is 5.44. The second-order valence-corrected chi connectivity index (χ2v) is 7.32. The highest BCUT2D eigenvalue weighted by Gasteiger charge is 2.18. The quantitative estimate of drug-likeness (QED) is 0.299. The van der Waals surface area contributed by atoms with Gasteiger partial charge in [0.1, 0.15) is 5.66 Å². The number of Topliss-reactive ketones (excluding diaryl/α,β-unsaturated/α-hetero) is 1. The second-order valence-electron chi connectivity index (χ2n) is 6.00. The Labute approximate surface area is 156 Å². The number of hydrogen-bond donors (Lipinski definition) is 4. The average Bonchev–Trinajstić information content (AvgIpc) is 3.02. The lowest BCUT2D eigenvalue weighted by molar-refractivity contribution is 0.102. The maximum atomic E-state index is 11.3. The van der Waals surface area contributed by atoms with Crippen LogP contribution in [0.2, 0.25) is 5.02 Å². The van der Waals surface area contributed by atoms with Crippen molar-refractivity contribution in [3.8, 4) is 0 Å². The maximum Gasteiger partial charge on any atom is 0.169 e. The van der Waals surface area contributed by atoms with Crippen LogP contribution in [0.3, 0.4) is 0 Å². The van der Waals surface area contributed by atoms with E-state index in [1.54, 1.807) is 19.2 Å². The first kappa shape index (κ1) is 19.0. The highest BCUT2D eigenvalue weighted by Crippen LogP contribution is 2.24. The summed E-state index contributed by atoms with van der Waals surface area (Å²) in [7, 11) is 0. The van der Waals surface area contributed by atoms with Gasteiger partial charge in [-0.05, 0) is 39.0 Å². The summed E-state index contributed by atoms with van der Waals surface area (Å²) in [6, 6.07) is 9.28. The van der Waals surface area contributed by atoms with Gasteiger partial charge in [0.25, 0.3) is 0 Å². The number of allylic oxidation sites excluding steroid dienone is 1. The van der Waals surface area contributed by atoms with Crippen LogP contribution < -0.4 is 16.0 Å². The Balaban J connectivity index is 2.05. The number of anilines is 2. The van der Waals surface area contributed by atoms with E-state index in [0.717, 1.165) is 11.4 Å². The summed E-state index contributed by atoms with van der Waals surface area (Å²) in [6.07, 6.45) is 2.91. The van der Waals surface area contributed by atoms with Gasteiger partial charge in [-0.2, -0.15) is 0 Å². The summed E-state index contributed by atoms with van der Waals surface area (Å²) < 4.78 is 0. The molecule has 7 heteroatoms. The van der Waals surface area contributed by atoms with E-state index in [-0.39, 0.29) is 5.78 Å². The molecule has 0 saturated carbocycles. The van der Waals surface area contributed by atoms with Crippen molar-refractivity contribution >= 4 is 46.3 Å². The minimum atomic E-state index is -0.532. The molecule has 4 N–H and O–H groups in total. The third-order valence-corrected chi connectivity index (χ3v) is 4.63. The molecule has 0 spiro atoms. The average molecular weight is 377 g/mol. The fourth-order valence-electron chi connectivity index (χ4n) is 2.16. The van der Waals surface area contributed by atoms with E-state index in [1.807, 2.05) is 43.5 Å². The van der Waals surface area contributed by atoms with Gasteiger partial charge in [0.05, 0.1) is 21.3 Å². The Hall–Kier alpha value is -2.31. The minimum Gasteiger partial charge on any atom is -0.362 e. The molecule has 2 rings (SSSR count). The molecule has 5 nitrogen and oxygen atoms in total. The normalized spacial score (nSPS) is 11.8. The number of rotatable bonds is 8. The van der Waals surface area contributed by atoms with Gasteiger partial charge in [0.15, 0.2) is 5.78 Å². The molecule has 0 radical (unpaired) electrons. The first-order valence-electron chi connectivity index (χ1n) is 7.68. The van der Waals surface area contributed by atoms with Crippen LogP contribution >= 0.6 is 22.9 Å². The van der Waals surface area contributed by atoms with Crippen LogP contribution in [0, 0.1) is 5.41 Å². The Morgan fingerprint density at radius 2 is 2.04 bits per heavy atom. The molecule has 0 fully saturated rings. The molecular formula is C18H21ClN4OS. The number of benzene rings is 1. The zero-order valence-corrected chi connectivity index (χ0v) is 15.9. The summed E-state index contributed by atoms with van der Waals surface area (Å²) in [5.41, 5.74) is 1.67. The standard InChI is InChI=1S/C18H21ClN4OS/c1-12(24)17-8-13(11-25-17)21-10-14(9-20)22-18(2,3)23-16-7-5-4-6-15(16)19/h4-11,20-23H,1-3H3/b14-10+,20-9?. The third-order valence-electron chi connectivity index (χ3n) is 3.27. The SMILES string of the molecule is CC(=O)c1cc(N/C=C(\C=N)NC(C)(C)Nc2ccccc2Cl)cs1. The molecule has 132 valence electrons. The van der Waals surface area contributed by atoms with Crippen LogP contribution in [0.5, 0.6) is 0 Å². The van der Waals surface area contributed by atoms with Crippen LogP contribution in [0.25, 0.3) is 0 Å². The molecule has 2 aromatic rings. The van der Waals surface area contributed by atoms with E-state index in [4.69, 9.17) is 17.0 Å². The van der Waals surface area contributed by atoms with Gasteiger partial charge in [0, 0.05) is 23.5 Å². The molecule has 0 aliphatic carbocycles. The molecular weight excluding hydrogens is 356 g/mol. The van der Waals surface area contributed by atoms with Gasteiger partial charge < -0.3 is 21.4 Å². The van der Waals surface area contributed by atoms with Crippen molar-refractivity contribution in [2.24, 2.45) is 0 Å². The number of thiophene rings is 1. The summed E-state index contributed by atoms with van der Waals surface area (Å²) in [5.74, 6) is 0.0394. The fraction of sp³-hybridized carbons (Fsp3) is 0.222. The zero-order valence-electron chi connectivity index (χ0n) is 14.3. The number of nitrogens with one attached hydrogen (secondary N) is 4. The number of halogens is 1. The summed E-state index contributed by atoms with van der Waals surface area (Å²) in [4.78, 5) is 12.0. The Morgan fingerprint density at radius 3 is 2.64 bits per heavy atom. The van der Waals surface area contributed by atoms with Crippen LogP contribution in [-0.4, -0.2) is 17.7 Å². The number of para-hydroxylation sites is 1. The molecule has 1 aromatic carbocycles.